The molecule has 0 bridgehead atoms. The lowest BCUT2D eigenvalue weighted by Gasteiger charge is -2.38. The molecule has 1 aliphatic heterocycles. The Hall–Kier alpha value is -3.16. The zero-order valence-electron chi connectivity index (χ0n) is 14.1. The van der Waals surface area contributed by atoms with E-state index in [1.54, 1.807) is 21.8 Å². The van der Waals surface area contributed by atoms with Crippen LogP contribution >= 0.6 is 0 Å². The number of amides is 1. The van der Waals surface area contributed by atoms with Gasteiger partial charge in [-0.15, -0.1) is 0 Å². The number of fused-ring (bicyclic) bond motifs is 1. The summed E-state index contributed by atoms with van der Waals surface area (Å²) in [6.07, 6.45) is -1.49. The van der Waals surface area contributed by atoms with Gasteiger partial charge >= 0.3 is 6.18 Å². The minimum atomic E-state index is -4.38. The lowest BCUT2D eigenvalue weighted by molar-refractivity contribution is -0.137. The smallest absolute Gasteiger partial charge is 0.335 e. The van der Waals surface area contributed by atoms with E-state index >= 15 is 0 Å². The molecule has 0 aliphatic carbocycles. The van der Waals surface area contributed by atoms with E-state index in [-0.39, 0.29) is 11.9 Å². The van der Waals surface area contributed by atoms with Crippen LogP contribution in [0.1, 0.15) is 11.6 Å². The van der Waals surface area contributed by atoms with E-state index in [9.17, 15) is 18.0 Å². The number of nitrogens with zero attached hydrogens (tertiary/aromatic N) is 4. The minimum absolute atomic E-state index is 0.0104. The fourth-order valence-electron chi connectivity index (χ4n) is 3.18. The van der Waals surface area contributed by atoms with Gasteiger partial charge in [0.2, 0.25) is 5.91 Å². The summed E-state index contributed by atoms with van der Waals surface area (Å²) in [4.78, 5) is 17.7. The largest absolute Gasteiger partial charge is 0.416 e. The van der Waals surface area contributed by atoms with E-state index in [0.717, 1.165) is 17.6 Å². The van der Waals surface area contributed by atoms with E-state index in [0.29, 0.717) is 29.9 Å². The molecule has 0 N–H and O–H groups in total. The minimum Gasteiger partial charge on any atom is -0.335 e. The van der Waals surface area contributed by atoms with Crippen molar-refractivity contribution in [3.8, 4) is 11.3 Å². The van der Waals surface area contributed by atoms with Crippen LogP contribution in [-0.4, -0.2) is 38.7 Å². The molecule has 1 amide bonds. The first kappa shape index (κ1) is 17.3. The van der Waals surface area contributed by atoms with Crippen LogP contribution in [0.5, 0.6) is 0 Å². The van der Waals surface area contributed by atoms with Crippen LogP contribution in [0, 0.1) is 0 Å². The molecule has 1 fully saturated rings. The van der Waals surface area contributed by atoms with Crippen molar-refractivity contribution in [1.29, 1.82) is 0 Å². The molecule has 27 heavy (non-hydrogen) atoms. The Morgan fingerprint density at radius 2 is 1.89 bits per heavy atom. The third kappa shape index (κ3) is 2.97. The number of pyridine rings is 1. The predicted molar refractivity (Wildman–Crippen MR) is 93.8 cm³/mol. The molecule has 3 heterocycles. The van der Waals surface area contributed by atoms with Crippen LogP contribution in [-0.2, 0) is 11.0 Å². The number of alkyl halides is 3. The zero-order valence-corrected chi connectivity index (χ0v) is 14.1. The molecule has 0 spiro atoms. The highest BCUT2D eigenvalue weighted by atomic mass is 19.4. The fourth-order valence-corrected chi connectivity index (χ4v) is 3.18. The maximum absolute atomic E-state index is 12.8. The number of carbonyl (C=O) groups excluding carboxylic acids is 1. The summed E-state index contributed by atoms with van der Waals surface area (Å²) in [5.74, 6) is -0.135. The van der Waals surface area contributed by atoms with Gasteiger partial charge in [-0.05, 0) is 30.3 Å². The van der Waals surface area contributed by atoms with E-state index in [2.05, 4.69) is 16.7 Å². The van der Waals surface area contributed by atoms with E-state index in [1.807, 2.05) is 6.07 Å². The van der Waals surface area contributed by atoms with Crippen LogP contribution in [0.2, 0.25) is 0 Å². The normalized spacial score (nSPS) is 15.0. The molecule has 0 radical (unpaired) electrons. The number of hydrogen-bond acceptors (Lipinski definition) is 3. The monoisotopic (exact) mass is 372 g/mol. The molecular weight excluding hydrogens is 357 g/mol. The third-order valence-electron chi connectivity index (χ3n) is 4.65. The summed E-state index contributed by atoms with van der Waals surface area (Å²) in [6.45, 7) is 4.48. The Kier molecular flexibility index (Phi) is 3.98. The Bertz CT molecular complexity index is 1020. The Balaban J connectivity index is 1.71. The highest BCUT2D eigenvalue weighted by Crippen LogP contribution is 2.34. The quantitative estimate of drug-likeness (QED) is 0.659. The number of aromatic nitrogens is 3. The van der Waals surface area contributed by atoms with Crippen molar-refractivity contribution in [3.63, 3.8) is 0 Å². The maximum Gasteiger partial charge on any atom is 0.416 e. The Morgan fingerprint density at radius 1 is 1.19 bits per heavy atom. The topological polar surface area (TPSA) is 51.0 Å². The third-order valence-corrected chi connectivity index (χ3v) is 4.65. The van der Waals surface area contributed by atoms with Crippen molar-refractivity contribution in [2.75, 3.05) is 13.1 Å². The summed E-state index contributed by atoms with van der Waals surface area (Å²) in [6, 6.07) is 8.51. The van der Waals surface area contributed by atoms with Crippen molar-refractivity contribution in [2.24, 2.45) is 0 Å². The molecule has 1 aliphatic rings. The zero-order chi connectivity index (χ0) is 19.2. The molecule has 4 rings (SSSR count). The summed E-state index contributed by atoms with van der Waals surface area (Å²) in [5, 5.41) is 4.60. The number of rotatable bonds is 3. The summed E-state index contributed by atoms with van der Waals surface area (Å²) < 4.78 is 40.2. The number of hydrogen-bond donors (Lipinski definition) is 0. The molecule has 3 aromatic rings. The van der Waals surface area contributed by atoms with Crippen molar-refractivity contribution in [1.82, 2.24) is 19.7 Å². The van der Waals surface area contributed by atoms with Crippen LogP contribution in [0.15, 0.2) is 55.3 Å². The van der Waals surface area contributed by atoms with Gasteiger partial charge in [0.15, 0.2) is 0 Å². The second kappa shape index (κ2) is 6.22. The molecule has 1 aromatic carbocycles. The first-order valence-electron chi connectivity index (χ1n) is 8.30. The van der Waals surface area contributed by atoms with Gasteiger partial charge in [0.25, 0.3) is 0 Å². The van der Waals surface area contributed by atoms with Gasteiger partial charge in [0.1, 0.15) is 11.2 Å². The summed E-state index contributed by atoms with van der Waals surface area (Å²) in [7, 11) is 0. The highest BCUT2D eigenvalue weighted by molar-refractivity contribution is 5.90. The molecule has 2 aromatic heterocycles. The van der Waals surface area contributed by atoms with E-state index in [4.69, 9.17) is 0 Å². The first-order valence-corrected chi connectivity index (χ1v) is 8.30. The molecule has 0 unspecified atom stereocenters. The van der Waals surface area contributed by atoms with Gasteiger partial charge in [-0.3, -0.25) is 14.5 Å². The van der Waals surface area contributed by atoms with Gasteiger partial charge in [-0.25, -0.2) is 0 Å². The summed E-state index contributed by atoms with van der Waals surface area (Å²) in [5.41, 5.74) is 1.77. The lowest BCUT2D eigenvalue weighted by atomic mass is 10.1. The average molecular weight is 372 g/mol. The van der Waals surface area contributed by atoms with E-state index < -0.39 is 11.7 Å². The SMILES string of the molecule is C=CC(=O)N1CC(n2nc(-c3ccc(C(F)(F)F)cc3)c3ncccc32)C1. The van der Waals surface area contributed by atoms with Gasteiger partial charge in [0.05, 0.1) is 17.1 Å². The summed E-state index contributed by atoms with van der Waals surface area (Å²) >= 11 is 0. The fraction of sp³-hybridized carbons (Fsp3) is 0.211. The lowest BCUT2D eigenvalue weighted by Crippen LogP contribution is -2.50. The van der Waals surface area contributed by atoms with Crippen LogP contribution in [0.3, 0.4) is 0 Å². The number of carbonyl (C=O) groups is 1. The predicted octanol–water partition coefficient (Wildman–Crippen LogP) is 3.69. The standard InChI is InChI=1S/C19H15F3N4O/c1-2-16(27)25-10-14(11-25)26-15-4-3-9-23-18(15)17(24-26)12-5-7-13(8-6-12)19(20,21)22/h2-9,14H,1,10-11H2. The molecule has 5 nitrogen and oxygen atoms in total. The van der Waals surface area contributed by atoms with Crippen LogP contribution < -0.4 is 0 Å². The van der Waals surface area contributed by atoms with Crippen LogP contribution in [0.4, 0.5) is 13.2 Å². The first-order chi connectivity index (χ1) is 12.9. The molecule has 0 atom stereocenters. The molecular formula is C19H15F3N4O. The van der Waals surface area contributed by atoms with Crippen molar-refractivity contribution < 1.29 is 18.0 Å². The molecule has 0 saturated carbocycles. The van der Waals surface area contributed by atoms with Gasteiger partial charge < -0.3 is 4.90 Å². The molecule has 8 heteroatoms. The van der Waals surface area contributed by atoms with E-state index in [1.165, 1.54) is 18.2 Å². The molecule has 138 valence electrons. The maximum atomic E-state index is 12.8. The van der Waals surface area contributed by atoms with Gasteiger partial charge in [-0.2, -0.15) is 18.3 Å². The van der Waals surface area contributed by atoms with Crippen molar-refractivity contribution >= 4 is 16.9 Å². The number of halogens is 3. The number of likely N-dealkylation sites (tertiary alicyclic amines) is 1. The van der Waals surface area contributed by atoms with Gasteiger partial charge in [-0.1, -0.05) is 18.7 Å². The average Bonchev–Trinajstić information content (AvgIpc) is 2.99. The Labute approximate surface area is 152 Å². The van der Waals surface area contributed by atoms with Gasteiger partial charge in [0, 0.05) is 24.8 Å². The second-order valence-corrected chi connectivity index (χ2v) is 6.34. The Morgan fingerprint density at radius 3 is 2.52 bits per heavy atom. The second-order valence-electron chi connectivity index (χ2n) is 6.34. The number of benzene rings is 1. The highest BCUT2D eigenvalue weighted by Gasteiger charge is 2.33. The van der Waals surface area contributed by atoms with Crippen LogP contribution in [0.25, 0.3) is 22.3 Å². The van der Waals surface area contributed by atoms with Crippen molar-refractivity contribution in [3.05, 3.63) is 60.8 Å². The molecule has 1 saturated heterocycles. The van der Waals surface area contributed by atoms with Crippen molar-refractivity contribution in [2.45, 2.75) is 12.2 Å².